The highest BCUT2D eigenvalue weighted by molar-refractivity contribution is 5.65. The van der Waals surface area contributed by atoms with Crippen LogP contribution in [0.15, 0.2) is 0 Å². The highest BCUT2D eigenvalue weighted by Gasteiger charge is 2.49. The van der Waals surface area contributed by atoms with Crippen LogP contribution in [0.1, 0.15) is 25.7 Å². The van der Waals surface area contributed by atoms with E-state index in [1.807, 2.05) is 0 Å². The van der Waals surface area contributed by atoms with Gasteiger partial charge in [0.2, 0.25) is 0 Å². The van der Waals surface area contributed by atoms with Crippen LogP contribution in [0.4, 0.5) is 4.79 Å². The minimum Gasteiger partial charge on any atom is -0.448 e. The molecule has 1 fully saturated rings. The van der Waals surface area contributed by atoms with Crippen molar-refractivity contribution in [2.45, 2.75) is 25.7 Å². The zero-order valence-corrected chi connectivity index (χ0v) is 16.4. The molecule has 0 saturated heterocycles. The van der Waals surface area contributed by atoms with Crippen molar-refractivity contribution in [2.24, 2.45) is 23.7 Å². The molecule has 28 heavy (non-hydrogen) atoms. The zero-order valence-electron chi connectivity index (χ0n) is 16.4. The second kappa shape index (κ2) is 14.6. The predicted molar refractivity (Wildman–Crippen MR) is 99.7 cm³/mol. The van der Waals surface area contributed by atoms with Crippen molar-refractivity contribution in [1.82, 2.24) is 5.48 Å². The Balaban J connectivity index is 1.32. The summed E-state index contributed by atoms with van der Waals surface area (Å²) in [4.78, 5) is 21.1. The lowest BCUT2D eigenvalue weighted by atomic mass is 10.1. The van der Waals surface area contributed by atoms with Crippen molar-refractivity contribution >= 4 is 6.09 Å². The molecule has 0 bridgehead atoms. The molecule has 3 N–H and O–H groups in total. The van der Waals surface area contributed by atoms with Gasteiger partial charge >= 0.3 is 6.09 Å². The number of nitrogens with one attached hydrogen (secondary N) is 1. The van der Waals surface area contributed by atoms with Gasteiger partial charge in [0, 0.05) is 12.8 Å². The van der Waals surface area contributed by atoms with E-state index in [-0.39, 0.29) is 6.61 Å². The molecular weight excluding hydrogens is 368 g/mol. The molecule has 2 aliphatic rings. The SMILES string of the molecule is NOCCOCCOCCOCCONC(=O)OC[C@H]1[C@@H]2CCC#CCC[C@@H]21. The van der Waals surface area contributed by atoms with E-state index < -0.39 is 6.09 Å². The average molecular weight is 400 g/mol. The lowest BCUT2D eigenvalue weighted by Crippen LogP contribution is -2.27. The second-order valence-corrected chi connectivity index (χ2v) is 6.68. The third-order valence-corrected chi connectivity index (χ3v) is 4.82. The summed E-state index contributed by atoms with van der Waals surface area (Å²) in [6.07, 6.45) is 3.58. The number of hydrogen-bond acceptors (Lipinski definition) is 8. The molecule has 9 heteroatoms. The molecule has 0 aliphatic heterocycles. The van der Waals surface area contributed by atoms with Gasteiger partial charge in [-0.3, -0.25) is 4.84 Å². The molecular formula is C19H32N2O7. The van der Waals surface area contributed by atoms with Gasteiger partial charge in [-0.25, -0.2) is 10.7 Å². The number of rotatable bonds is 15. The Bertz CT molecular complexity index is 476. The topological polar surface area (TPSA) is 111 Å². The molecule has 0 spiro atoms. The van der Waals surface area contributed by atoms with Crippen LogP contribution in [0.5, 0.6) is 0 Å². The molecule has 0 heterocycles. The number of hydrogen-bond donors (Lipinski definition) is 2. The van der Waals surface area contributed by atoms with E-state index in [0.29, 0.717) is 70.6 Å². The summed E-state index contributed by atoms with van der Waals surface area (Å²) in [6, 6.07) is 0. The van der Waals surface area contributed by atoms with Gasteiger partial charge < -0.3 is 23.8 Å². The molecule has 1 amide bonds. The smallest absolute Gasteiger partial charge is 0.431 e. The van der Waals surface area contributed by atoms with Gasteiger partial charge in [-0.1, -0.05) is 0 Å². The molecule has 0 aromatic heterocycles. The lowest BCUT2D eigenvalue weighted by molar-refractivity contribution is -0.0271. The Labute approximate surface area is 166 Å². The van der Waals surface area contributed by atoms with Gasteiger partial charge in [-0.15, -0.1) is 11.8 Å². The molecule has 9 nitrogen and oxygen atoms in total. The van der Waals surface area contributed by atoms with Gasteiger partial charge in [0.05, 0.1) is 59.5 Å². The largest absolute Gasteiger partial charge is 0.448 e. The Hall–Kier alpha value is -1.41. The van der Waals surface area contributed by atoms with E-state index in [0.717, 1.165) is 25.7 Å². The third kappa shape index (κ3) is 9.68. The third-order valence-electron chi connectivity index (χ3n) is 4.82. The number of hydroxylamine groups is 1. The number of fused-ring (bicyclic) bond motifs is 1. The quantitative estimate of drug-likeness (QED) is 0.238. The Morgan fingerprint density at radius 1 is 0.857 bits per heavy atom. The normalized spacial score (nSPS) is 23.0. The monoisotopic (exact) mass is 400 g/mol. The van der Waals surface area contributed by atoms with E-state index in [1.165, 1.54) is 0 Å². The summed E-state index contributed by atoms with van der Waals surface area (Å²) < 4.78 is 21.1. The van der Waals surface area contributed by atoms with E-state index in [1.54, 1.807) is 0 Å². The average Bonchev–Trinajstić information content (AvgIpc) is 3.33. The molecule has 0 unspecified atom stereocenters. The van der Waals surface area contributed by atoms with E-state index in [4.69, 9.17) is 29.7 Å². The summed E-state index contributed by atoms with van der Waals surface area (Å²) in [5, 5.41) is 0. The summed E-state index contributed by atoms with van der Waals surface area (Å²) in [5.74, 6) is 13.0. The fourth-order valence-electron chi connectivity index (χ4n) is 3.34. The van der Waals surface area contributed by atoms with Crippen LogP contribution in [0, 0.1) is 29.6 Å². The van der Waals surface area contributed by atoms with Crippen molar-refractivity contribution in [3.8, 4) is 11.8 Å². The highest BCUT2D eigenvalue weighted by atomic mass is 16.7. The van der Waals surface area contributed by atoms with Gasteiger partial charge in [0.15, 0.2) is 0 Å². The van der Waals surface area contributed by atoms with Crippen LogP contribution in [0.3, 0.4) is 0 Å². The maximum atomic E-state index is 11.6. The predicted octanol–water partition coefficient (Wildman–Crippen LogP) is 1.02. The number of amides is 1. The van der Waals surface area contributed by atoms with E-state index in [9.17, 15) is 4.79 Å². The second-order valence-electron chi connectivity index (χ2n) is 6.68. The van der Waals surface area contributed by atoms with Gasteiger partial charge in [-0.05, 0) is 30.6 Å². The van der Waals surface area contributed by atoms with Crippen molar-refractivity contribution in [3.63, 3.8) is 0 Å². The maximum Gasteiger partial charge on any atom is 0.431 e. The summed E-state index contributed by atoms with van der Waals surface area (Å²) in [7, 11) is 0. The van der Waals surface area contributed by atoms with E-state index >= 15 is 0 Å². The Kier molecular flexibility index (Phi) is 11.9. The van der Waals surface area contributed by atoms with Crippen molar-refractivity contribution < 1.29 is 33.4 Å². The minimum atomic E-state index is -0.557. The van der Waals surface area contributed by atoms with Gasteiger partial charge in [0.25, 0.3) is 0 Å². The molecule has 1 saturated carbocycles. The van der Waals surface area contributed by atoms with Crippen LogP contribution in [0.2, 0.25) is 0 Å². The van der Waals surface area contributed by atoms with Gasteiger partial charge in [0.1, 0.15) is 0 Å². The first kappa shape index (κ1) is 22.9. The van der Waals surface area contributed by atoms with E-state index in [2.05, 4.69) is 22.2 Å². The lowest BCUT2D eigenvalue weighted by Gasteiger charge is -2.08. The van der Waals surface area contributed by atoms with Crippen LogP contribution in [0.25, 0.3) is 0 Å². The molecule has 2 rings (SSSR count). The first-order valence-corrected chi connectivity index (χ1v) is 9.88. The Morgan fingerprint density at radius 2 is 1.39 bits per heavy atom. The van der Waals surface area contributed by atoms with Crippen molar-refractivity contribution in [2.75, 3.05) is 59.5 Å². The molecule has 160 valence electrons. The fraction of sp³-hybridized carbons (Fsp3) is 0.842. The minimum absolute atomic E-state index is 0.239. The number of nitrogens with two attached hydrogens (primary N) is 1. The first-order valence-electron chi connectivity index (χ1n) is 9.88. The molecule has 0 aromatic carbocycles. The molecule has 2 aliphatic carbocycles. The highest BCUT2D eigenvalue weighted by Crippen LogP contribution is 2.52. The molecule has 3 atom stereocenters. The first-order chi connectivity index (χ1) is 13.8. The van der Waals surface area contributed by atoms with Crippen LogP contribution in [-0.4, -0.2) is 65.6 Å². The standard InChI is InChI=1S/C19H32N2O7/c20-27-13-11-24-9-7-23-8-10-25-12-14-28-21-19(22)26-15-18-16-5-3-1-2-4-6-17(16)18/h16-18H,3-15,20H2,(H,21,22)/t16-,17+,18+. The number of ether oxygens (including phenoxy) is 4. The number of carbonyl (C=O) groups is 1. The summed E-state index contributed by atoms with van der Waals surface area (Å²) in [6.45, 7) is 3.70. The Morgan fingerprint density at radius 3 is 1.96 bits per heavy atom. The van der Waals surface area contributed by atoms with Crippen molar-refractivity contribution in [1.29, 1.82) is 0 Å². The number of carbonyl (C=O) groups excluding carboxylic acids is 1. The van der Waals surface area contributed by atoms with Crippen LogP contribution in [-0.2, 0) is 28.6 Å². The maximum absolute atomic E-state index is 11.6. The van der Waals surface area contributed by atoms with Crippen LogP contribution >= 0.6 is 0 Å². The summed E-state index contributed by atoms with van der Waals surface area (Å²) in [5.41, 5.74) is 2.27. The molecule has 0 radical (unpaired) electrons. The zero-order chi connectivity index (χ0) is 19.9. The van der Waals surface area contributed by atoms with Crippen LogP contribution < -0.4 is 11.4 Å². The summed E-state index contributed by atoms with van der Waals surface area (Å²) >= 11 is 0. The van der Waals surface area contributed by atoms with Gasteiger partial charge in [-0.2, -0.15) is 5.48 Å². The fourth-order valence-corrected chi connectivity index (χ4v) is 3.34. The molecule has 0 aromatic rings. The van der Waals surface area contributed by atoms with Crippen molar-refractivity contribution in [3.05, 3.63) is 0 Å².